The number of nitrogens with zero attached hydrogens (tertiary/aromatic N) is 4. The summed E-state index contributed by atoms with van der Waals surface area (Å²) in [5.41, 5.74) is 0. The first-order valence-electron chi connectivity index (χ1n) is 8.48. The Bertz CT molecular complexity index is 820. The van der Waals surface area contributed by atoms with Crippen molar-refractivity contribution in [1.29, 1.82) is 0 Å². The lowest BCUT2D eigenvalue weighted by Crippen LogP contribution is -2.66. The van der Waals surface area contributed by atoms with Gasteiger partial charge in [-0.05, 0) is 25.7 Å². The third-order valence-electron chi connectivity index (χ3n) is 5.27. The van der Waals surface area contributed by atoms with Crippen LogP contribution in [0.4, 0.5) is 0 Å². The molecule has 136 valence electrons. The van der Waals surface area contributed by atoms with E-state index in [-0.39, 0.29) is 28.9 Å². The summed E-state index contributed by atoms with van der Waals surface area (Å²) in [6.07, 6.45) is 5.23. The van der Waals surface area contributed by atoms with Crippen molar-refractivity contribution >= 4 is 21.8 Å². The fraction of sp³-hybridized carbons (Fsp3) is 0.667. The van der Waals surface area contributed by atoms with Crippen molar-refractivity contribution in [2.24, 2.45) is 7.05 Å². The lowest BCUT2D eigenvalue weighted by atomic mass is 9.93. The van der Waals surface area contributed by atoms with E-state index in [2.05, 4.69) is 9.71 Å². The smallest absolute Gasteiger partial charge is 0.259 e. The molecule has 0 radical (unpaired) electrons. The minimum Gasteiger partial charge on any atom is -0.339 e. The van der Waals surface area contributed by atoms with Crippen LogP contribution in [-0.2, 0) is 26.7 Å². The second-order valence-corrected chi connectivity index (χ2v) is 8.62. The molecule has 10 heteroatoms. The van der Waals surface area contributed by atoms with Crippen LogP contribution in [0.1, 0.15) is 25.7 Å². The summed E-state index contributed by atoms with van der Waals surface area (Å²) in [6.45, 7) is 1.01. The van der Waals surface area contributed by atoms with E-state index < -0.39 is 16.1 Å². The monoisotopic (exact) mass is 367 g/mol. The van der Waals surface area contributed by atoms with Crippen molar-refractivity contribution in [1.82, 2.24) is 24.1 Å². The van der Waals surface area contributed by atoms with Crippen LogP contribution >= 0.6 is 0 Å². The second-order valence-electron chi connectivity index (χ2n) is 6.96. The molecule has 0 saturated carbocycles. The molecule has 0 spiro atoms. The Morgan fingerprint density at radius 2 is 1.84 bits per heavy atom. The number of aryl methyl sites for hydroxylation is 1. The Balaban J connectivity index is 1.50. The Labute approximate surface area is 146 Å². The summed E-state index contributed by atoms with van der Waals surface area (Å²) in [5.74, 6) is -0.0445. The van der Waals surface area contributed by atoms with E-state index in [1.807, 2.05) is 0 Å². The van der Waals surface area contributed by atoms with E-state index in [0.29, 0.717) is 25.9 Å². The highest BCUT2D eigenvalue weighted by molar-refractivity contribution is 7.89. The third kappa shape index (κ3) is 2.73. The van der Waals surface area contributed by atoms with Gasteiger partial charge >= 0.3 is 0 Å². The number of nitrogens with one attached hydrogen (secondary N) is 1. The molecule has 3 aliphatic rings. The number of carbonyl (C=O) groups excluding carboxylic acids is 2. The van der Waals surface area contributed by atoms with Crippen LogP contribution in [0.5, 0.6) is 0 Å². The summed E-state index contributed by atoms with van der Waals surface area (Å²) >= 11 is 0. The predicted molar refractivity (Wildman–Crippen MR) is 86.8 cm³/mol. The number of amides is 2. The number of imidazole rings is 1. The molecule has 0 unspecified atom stereocenters. The topological polar surface area (TPSA) is 105 Å². The van der Waals surface area contributed by atoms with Crippen molar-refractivity contribution in [3.8, 4) is 0 Å². The van der Waals surface area contributed by atoms with Gasteiger partial charge in [0.1, 0.15) is 12.1 Å². The summed E-state index contributed by atoms with van der Waals surface area (Å²) in [4.78, 5) is 32.5. The molecule has 0 aromatic carbocycles. The van der Waals surface area contributed by atoms with Crippen molar-refractivity contribution < 1.29 is 18.0 Å². The largest absolute Gasteiger partial charge is 0.339 e. The number of carbonyl (C=O) groups is 2. The van der Waals surface area contributed by atoms with E-state index in [1.165, 1.54) is 12.5 Å². The fourth-order valence-electron chi connectivity index (χ4n) is 4.05. The van der Waals surface area contributed by atoms with Crippen LogP contribution in [0.15, 0.2) is 17.6 Å². The van der Waals surface area contributed by atoms with Crippen LogP contribution in [0.3, 0.4) is 0 Å². The molecule has 9 nitrogen and oxygen atoms in total. The maximum absolute atomic E-state index is 12.7. The van der Waals surface area contributed by atoms with Gasteiger partial charge < -0.3 is 14.4 Å². The molecular formula is C15H21N5O4S. The number of piperidine rings is 1. The van der Waals surface area contributed by atoms with Gasteiger partial charge in [-0.25, -0.2) is 18.1 Å². The lowest BCUT2D eigenvalue weighted by Gasteiger charge is -2.46. The summed E-state index contributed by atoms with van der Waals surface area (Å²) < 4.78 is 29.1. The minimum atomic E-state index is -3.74. The van der Waals surface area contributed by atoms with E-state index in [4.69, 9.17) is 0 Å². The Hall–Kier alpha value is -1.94. The van der Waals surface area contributed by atoms with Crippen molar-refractivity contribution in [3.63, 3.8) is 0 Å². The highest BCUT2D eigenvalue weighted by Gasteiger charge is 2.50. The summed E-state index contributed by atoms with van der Waals surface area (Å²) in [5, 5.41) is -0.0388. The molecule has 3 saturated heterocycles. The summed E-state index contributed by atoms with van der Waals surface area (Å²) in [6, 6.07) is -1.26. The maximum Gasteiger partial charge on any atom is 0.259 e. The van der Waals surface area contributed by atoms with Gasteiger partial charge in [0, 0.05) is 32.4 Å². The van der Waals surface area contributed by atoms with Crippen LogP contribution in [0.25, 0.3) is 0 Å². The molecule has 2 amide bonds. The molecule has 0 bridgehead atoms. The predicted octanol–water partition coefficient (Wildman–Crippen LogP) is -0.937. The van der Waals surface area contributed by atoms with Gasteiger partial charge in [0.05, 0.1) is 6.33 Å². The zero-order valence-electron chi connectivity index (χ0n) is 14.0. The average molecular weight is 367 g/mol. The van der Waals surface area contributed by atoms with Crippen LogP contribution in [0.2, 0.25) is 0 Å². The maximum atomic E-state index is 12.7. The normalized spacial score (nSPS) is 29.7. The number of hydrogen-bond donors (Lipinski definition) is 1. The van der Waals surface area contributed by atoms with Crippen molar-refractivity contribution in [2.75, 3.05) is 13.1 Å². The molecular weight excluding hydrogens is 346 g/mol. The Morgan fingerprint density at radius 1 is 1.12 bits per heavy atom. The van der Waals surface area contributed by atoms with Gasteiger partial charge in [-0.1, -0.05) is 0 Å². The first-order chi connectivity index (χ1) is 11.9. The minimum absolute atomic E-state index is 0.00753. The second kappa shape index (κ2) is 5.80. The van der Waals surface area contributed by atoms with Gasteiger partial charge in [0.25, 0.3) is 10.0 Å². The molecule has 1 aromatic rings. The fourth-order valence-corrected chi connectivity index (χ4v) is 5.31. The first-order valence-corrected chi connectivity index (χ1v) is 9.96. The number of aromatic nitrogens is 2. The lowest BCUT2D eigenvalue weighted by molar-refractivity contribution is -0.161. The zero-order chi connectivity index (χ0) is 17.8. The van der Waals surface area contributed by atoms with Crippen molar-refractivity contribution in [3.05, 3.63) is 12.5 Å². The standard InChI is InChI=1S/C15H21N5O4S/c1-18-8-13(16-9-18)25(23,24)17-10-4-6-20-12(7-10)15(22)19-5-2-3-11(19)14(20)21/h8-12,17H,2-7H2,1H3/t10-,11+,12-/m0/s1. The SMILES string of the molecule is Cn1cnc(S(=O)(=O)N[C@H]2CCN3C(=O)[C@H]4CCCN4C(=O)[C@@H]3C2)c1. The molecule has 25 heavy (non-hydrogen) atoms. The number of sulfonamides is 1. The number of rotatable bonds is 3. The van der Waals surface area contributed by atoms with Gasteiger partial charge in [-0.3, -0.25) is 9.59 Å². The van der Waals surface area contributed by atoms with Crippen molar-refractivity contribution in [2.45, 2.75) is 48.8 Å². The van der Waals surface area contributed by atoms with Crippen LogP contribution in [0, 0.1) is 0 Å². The van der Waals surface area contributed by atoms with E-state index in [0.717, 1.165) is 12.8 Å². The molecule has 3 aliphatic heterocycles. The van der Waals surface area contributed by atoms with E-state index in [1.54, 1.807) is 21.4 Å². The molecule has 3 fully saturated rings. The molecule has 4 heterocycles. The highest BCUT2D eigenvalue weighted by Crippen LogP contribution is 2.31. The van der Waals surface area contributed by atoms with Gasteiger partial charge in [-0.15, -0.1) is 0 Å². The van der Waals surface area contributed by atoms with Gasteiger partial charge in [-0.2, -0.15) is 0 Å². The Kier molecular flexibility index (Phi) is 3.84. The Morgan fingerprint density at radius 3 is 2.56 bits per heavy atom. The van der Waals surface area contributed by atoms with E-state index in [9.17, 15) is 18.0 Å². The van der Waals surface area contributed by atoms with Crippen LogP contribution in [-0.4, -0.2) is 70.8 Å². The zero-order valence-corrected chi connectivity index (χ0v) is 14.8. The van der Waals surface area contributed by atoms with Gasteiger partial charge in [0.2, 0.25) is 11.8 Å². The van der Waals surface area contributed by atoms with E-state index >= 15 is 0 Å². The molecule has 0 aliphatic carbocycles. The number of piperazine rings is 1. The molecule has 1 aromatic heterocycles. The first kappa shape index (κ1) is 16.5. The van der Waals surface area contributed by atoms with Gasteiger partial charge in [0.15, 0.2) is 5.03 Å². The molecule has 4 rings (SSSR count). The third-order valence-corrected chi connectivity index (χ3v) is 6.67. The highest BCUT2D eigenvalue weighted by atomic mass is 32.2. The number of fused-ring (bicyclic) bond motifs is 2. The average Bonchev–Trinajstić information content (AvgIpc) is 3.21. The van der Waals surface area contributed by atoms with Crippen LogP contribution < -0.4 is 4.72 Å². The quantitative estimate of drug-likeness (QED) is 0.743. The molecule has 1 N–H and O–H groups in total. The molecule has 3 atom stereocenters. The number of hydrogen-bond acceptors (Lipinski definition) is 5. The summed E-state index contributed by atoms with van der Waals surface area (Å²) in [7, 11) is -2.04.